The highest BCUT2D eigenvalue weighted by Crippen LogP contribution is 2.40. The van der Waals surface area contributed by atoms with Gasteiger partial charge in [0.15, 0.2) is 0 Å². The first kappa shape index (κ1) is 25.1. The molecule has 214 valence electrons. The number of nitrogens with zero attached hydrogens (tertiary/aromatic N) is 3. The van der Waals surface area contributed by atoms with E-state index in [0.717, 1.165) is 88.2 Å². The second-order valence-electron chi connectivity index (χ2n) is 11.8. The molecule has 0 unspecified atom stereocenters. The summed E-state index contributed by atoms with van der Waals surface area (Å²) in [5.41, 5.74) is 11.5. The number of hydrogen-bond donors (Lipinski definition) is 0. The van der Waals surface area contributed by atoms with Crippen LogP contribution < -0.4 is 0 Å². The van der Waals surface area contributed by atoms with Gasteiger partial charge in [-0.3, -0.25) is 4.98 Å². The van der Waals surface area contributed by atoms with Crippen LogP contribution in [0.2, 0.25) is 0 Å². The summed E-state index contributed by atoms with van der Waals surface area (Å²) in [5, 5.41) is 6.82. The number of rotatable bonds is 3. The molecule has 0 amide bonds. The van der Waals surface area contributed by atoms with E-state index in [4.69, 9.17) is 9.40 Å². The Labute approximate surface area is 263 Å². The Morgan fingerprint density at radius 2 is 1.17 bits per heavy atom. The number of aromatic nitrogens is 3. The van der Waals surface area contributed by atoms with Crippen LogP contribution in [0.5, 0.6) is 0 Å². The van der Waals surface area contributed by atoms with Crippen molar-refractivity contribution in [1.82, 2.24) is 14.5 Å². The molecule has 4 heteroatoms. The van der Waals surface area contributed by atoms with Gasteiger partial charge in [0.1, 0.15) is 11.2 Å². The normalized spacial score (nSPS) is 11.9. The Morgan fingerprint density at radius 3 is 2.02 bits per heavy atom. The predicted octanol–water partition coefficient (Wildman–Crippen LogP) is 11.1. The number of pyridine rings is 2. The zero-order valence-corrected chi connectivity index (χ0v) is 24.7. The Hall–Kier alpha value is -6.26. The van der Waals surface area contributed by atoms with Crippen molar-refractivity contribution < 1.29 is 4.42 Å². The van der Waals surface area contributed by atoms with Crippen molar-refractivity contribution in [1.29, 1.82) is 0 Å². The highest BCUT2D eigenvalue weighted by atomic mass is 16.3. The number of para-hydroxylation sites is 2. The van der Waals surface area contributed by atoms with Crippen LogP contribution in [0, 0.1) is 0 Å². The molecule has 0 aliphatic heterocycles. The summed E-state index contributed by atoms with van der Waals surface area (Å²) < 4.78 is 8.80. The van der Waals surface area contributed by atoms with Crippen LogP contribution in [0.3, 0.4) is 0 Å². The minimum Gasteiger partial charge on any atom is -0.455 e. The van der Waals surface area contributed by atoms with Crippen molar-refractivity contribution >= 4 is 65.6 Å². The molecule has 6 aromatic carbocycles. The van der Waals surface area contributed by atoms with E-state index >= 15 is 0 Å². The third-order valence-electron chi connectivity index (χ3n) is 9.25. The van der Waals surface area contributed by atoms with Crippen LogP contribution in [0.1, 0.15) is 0 Å². The van der Waals surface area contributed by atoms with E-state index in [9.17, 15) is 0 Å². The summed E-state index contributed by atoms with van der Waals surface area (Å²) >= 11 is 0. The molecule has 10 rings (SSSR count). The molecule has 4 nitrogen and oxygen atoms in total. The van der Waals surface area contributed by atoms with Gasteiger partial charge >= 0.3 is 0 Å². The van der Waals surface area contributed by atoms with Gasteiger partial charge in [0.05, 0.1) is 33.1 Å². The smallest absolute Gasteiger partial charge is 0.145 e. The van der Waals surface area contributed by atoms with Crippen molar-refractivity contribution in [2.45, 2.75) is 0 Å². The van der Waals surface area contributed by atoms with E-state index in [1.54, 1.807) is 0 Å². The van der Waals surface area contributed by atoms with E-state index in [-0.39, 0.29) is 0 Å². The van der Waals surface area contributed by atoms with Crippen LogP contribution in [0.25, 0.3) is 93.6 Å². The first-order valence-electron chi connectivity index (χ1n) is 15.5. The van der Waals surface area contributed by atoms with Crippen molar-refractivity contribution in [3.8, 4) is 28.1 Å². The van der Waals surface area contributed by atoms with Crippen LogP contribution in [0.15, 0.2) is 156 Å². The van der Waals surface area contributed by atoms with Gasteiger partial charge in [0.25, 0.3) is 0 Å². The predicted molar refractivity (Wildman–Crippen MR) is 190 cm³/mol. The topological polar surface area (TPSA) is 43.9 Å². The van der Waals surface area contributed by atoms with E-state index in [2.05, 4.69) is 137 Å². The van der Waals surface area contributed by atoms with Gasteiger partial charge in [-0.05, 0) is 59.7 Å². The zero-order chi connectivity index (χ0) is 30.2. The van der Waals surface area contributed by atoms with Crippen molar-refractivity contribution in [2.24, 2.45) is 0 Å². The lowest BCUT2D eigenvalue weighted by atomic mass is 10.0. The summed E-state index contributed by atoms with van der Waals surface area (Å²) in [4.78, 5) is 9.64. The third kappa shape index (κ3) is 3.67. The first-order valence-corrected chi connectivity index (χ1v) is 15.5. The summed E-state index contributed by atoms with van der Waals surface area (Å²) in [5.74, 6) is 0. The Kier molecular flexibility index (Phi) is 5.25. The van der Waals surface area contributed by atoms with Gasteiger partial charge < -0.3 is 8.98 Å². The molecule has 0 radical (unpaired) electrons. The molecule has 0 bridgehead atoms. The maximum atomic E-state index is 6.46. The zero-order valence-electron chi connectivity index (χ0n) is 24.7. The van der Waals surface area contributed by atoms with Crippen molar-refractivity contribution in [2.75, 3.05) is 0 Å². The SMILES string of the molecule is c1cnc2c(c1)ccc1ccc(-c3ccc(-c4ccc(-n5c6ccccc6c6c7oc8ccccc8c7ccc65)cc4)cc3)nc12. The van der Waals surface area contributed by atoms with Gasteiger partial charge in [0, 0.05) is 44.4 Å². The fourth-order valence-corrected chi connectivity index (χ4v) is 7.03. The number of benzene rings is 6. The lowest BCUT2D eigenvalue weighted by molar-refractivity contribution is 0.673. The number of furan rings is 1. The highest BCUT2D eigenvalue weighted by molar-refractivity contribution is 6.23. The van der Waals surface area contributed by atoms with Crippen LogP contribution >= 0.6 is 0 Å². The number of hydrogen-bond acceptors (Lipinski definition) is 3. The van der Waals surface area contributed by atoms with Gasteiger partial charge in [-0.15, -0.1) is 0 Å². The molecule has 10 aromatic rings. The second kappa shape index (κ2) is 9.62. The molecule has 0 saturated heterocycles. The Bertz CT molecular complexity index is 2790. The summed E-state index contributed by atoms with van der Waals surface area (Å²) in [6.07, 6.45) is 1.83. The molecule has 0 fully saturated rings. The fraction of sp³-hybridized carbons (Fsp3) is 0. The molecule has 4 aromatic heterocycles. The molecular weight excluding hydrogens is 562 g/mol. The fourth-order valence-electron chi connectivity index (χ4n) is 7.03. The van der Waals surface area contributed by atoms with E-state index in [1.807, 2.05) is 24.4 Å². The number of fused-ring (bicyclic) bond motifs is 10. The summed E-state index contributed by atoms with van der Waals surface area (Å²) in [6.45, 7) is 0. The van der Waals surface area contributed by atoms with Crippen LogP contribution in [0.4, 0.5) is 0 Å². The molecule has 0 atom stereocenters. The van der Waals surface area contributed by atoms with Crippen LogP contribution in [-0.4, -0.2) is 14.5 Å². The third-order valence-corrected chi connectivity index (χ3v) is 9.25. The van der Waals surface area contributed by atoms with Crippen molar-refractivity contribution in [3.05, 3.63) is 152 Å². The molecule has 0 aliphatic carbocycles. The van der Waals surface area contributed by atoms with Crippen LogP contribution in [-0.2, 0) is 0 Å². The molecule has 46 heavy (non-hydrogen) atoms. The van der Waals surface area contributed by atoms with Gasteiger partial charge in [-0.1, -0.05) is 97.1 Å². The van der Waals surface area contributed by atoms with Gasteiger partial charge in [-0.2, -0.15) is 0 Å². The van der Waals surface area contributed by atoms with Gasteiger partial charge in [-0.25, -0.2) is 4.98 Å². The maximum absolute atomic E-state index is 6.46. The lowest BCUT2D eigenvalue weighted by Crippen LogP contribution is -1.93. The largest absolute Gasteiger partial charge is 0.455 e. The van der Waals surface area contributed by atoms with E-state index in [0.29, 0.717) is 0 Å². The second-order valence-corrected chi connectivity index (χ2v) is 11.8. The first-order chi connectivity index (χ1) is 22.8. The van der Waals surface area contributed by atoms with Gasteiger partial charge in [0.2, 0.25) is 0 Å². The molecule has 0 N–H and O–H groups in total. The summed E-state index contributed by atoms with van der Waals surface area (Å²) in [7, 11) is 0. The minimum absolute atomic E-state index is 0.916. The summed E-state index contributed by atoms with van der Waals surface area (Å²) in [6, 6.07) is 51.3. The monoisotopic (exact) mass is 587 g/mol. The molecule has 0 saturated carbocycles. The maximum Gasteiger partial charge on any atom is 0.145 e. The minimum atomic E-state index is 0.916. The Morgan fingerprint density at radius 1 is 0.478 bits per heavy atom. The van der Waals surface area contributed by atoms with Crippen molar-refractivity contribution in [3.63, 3.8) is 0 Å². The molecule has 0 aliphatic rings. The van der Waals surface area contributed by atoms with E-state index < -0.39 is 0 Å². The molecular formula is C42H25N3O. The standard InChI is InChI=1S/C42H25N3O/c1-3-9-36-34(8-1)39-37(24-22-33-32-7-2-4-10-38(32)46-42(33)39)45(36)31-20-17-27(18-21-31)26-11-13-28(14-12-26)35-23-19-30-16-15-29-6-5-25-43-40(29)41(30)44-35/h1-25H. The molecule has 0 spiro atoms. The average molecular weight is 588 g/mol. The highest BCUT2D eigenvalue weighted by Gasteiger charge is 2.18. The molecule has 4 heterocycles. The quantitative estimate of drug-likeness (QED) is 0.193. The average Bonchev–Trinajstić information content (AvgIpc) is 3.67. The van der Waals surface area contributed by atoms with E-state index in [1.165, 1.54) is 5.39 Å². The lowest BCUT2D eigenvalue weighted by Gasteiger charge is -2.10. The Balaban J connectivity index is 1.04.